The van der Waals surface area contributed by atoms with Gasteiger partial charge in [0, 0.05) is 10.8 Å². The summed E-state index contributed by atoms with van der Waals surface area (Å²) in [6.45, 7) is 3.50. The van der Waals surface area contributed by atoms with Gasteiger partial charge in [0.25, 0.3) is 0 Å². The number of hydrogen-bond acceptors (Lipinski definition) is 2. The van der Waals surface area contributed by atoms with Crippen LogP contribution in [0.1, 0.15) is 18.9 Å². The average molecular weight is 279 g/mol. The fourth-order valence-electron chi connectivity index (χ4n) is 2.70. The Bertz CT molecular complexity index is 764. The normalized spacial score (nSPS) is 11.1. The van der Waals surface area contributed by atoms with Gasteiger partial charge in [-0.25, -0.2) is 0 Å². The lowest BCUT2D eigenvalue weighted by Gasteiger charge is -2.14. The summed E-state index contributed by atoms with van der Waals surface area (Å²) in [5.41, 5.74) is 6.92. The molecule has 2 nitrogen and oxygen atoms in total. The maximum absolute atomic E-state index is 6.09. The van der Waals surface area contributed by atoms with Crippen molar-refractivity contribution in [2.24, 2.45) is 5.73 Å². The third-order valence-electron chi connectivity index (χ3n) is 3.88. The second-order valence-corrected chi connectivity index (χ2v) is 5.33. The van der Waals surface area contributed by atoms with E-state index in [2.05, 4.69) is 55.5 Å². The van der Waals surface area contributed by atoms with E-state index in [1.165, 1.54) is 27.1 Å². The molecule has 2 N–H and O–H groups in total. The lowest BCUT2D eigenvalue weighted by molar-refractivity contribution is 0.320. The van der Waals surface area contributed by atoms with Crippen molar-refractivity contribution in [2.75, 3.05) is 13.2 Å². The highest BCUT2D eigenvalue weighted by Crippen LogP contribution is 2.35. The Hall–Kier alpha value is -2.06. The number of aryl methyl sites for hydroxylation is 1. The van der Waals surface area contributed by atoms with E-state index in [0.29, 0.717) is 13.2 Å². The van der Waals surface area contributed by atoms with Crippen molar-refractivity contribution in [1.29, 1.82) is 0 Å². The molecule has 0 spiro atoms. The topological polar surface area (TPSA) is 35.2 Å². The Balaban J connectivity index is 2.22. The summed E-state index contributed by atoms with van der Waals surface area (Å²) in [4.78, 5) is 0. The van der Waals surface area contributed by atoms with Gasteiger partial charge >= 0.3 is 0 Å². The van der Waals surface area contributed by atoms with E-state index < -0.39 is 0 Å². The van der Waals surface area contributed by atoms with Gasteiger partial charge in [0.15, 0.2) is 0 Å². The van der Waals surface area contributed by atoms with Crippen molar-refractivity contribution < 1.29 is 4.74 Å². The van der Waals surface area contributed by atoms with E-state index >= 15 is 0 Å². The number of nitrogens with two attached hydrogens (primary N) is 1. The van der Waals surface area contributed by atoms with Crippen LogP contribution in [0.25, 0.3) is 21.5 Å². The molecule has 0 saturated heterocycles. The highest BCUT2D eigenvalue weighted by molar-refractivity contribution is 6.05. The second kappa shape index (κ2) is 6.15. The first kappa shape index (κ1) is 13.9. The van der Waals surface area contributed by atoms with E-state index in [1.807, 2.05) is 0 Å². The van der Waals surface area contributed by atoms with Crippen molar-refractivity contribution in [3.8, 4) is 5.75 Å². The number of hydrogen-bond donors (Lipinski definition) is 1. The average Bonchev–Trinajstić information content (AvgIpc) is 2.54. The molecule has 3 aromatic rings. The van der Waals surface area contributed by atoms with Crippen molar-refractivity contribution >= 4 is 21.5 Å². The molecule has 0 radical (unpaired) electrons. The fraction of sp³-hybridized carbons (Fsp3) is 0.263. The Labute approximate surface area is 125 Å². The Kier molecular flexibility index (Phi) is 4.07. The first-order chi connectivity index (χ1) is 10.3. The van der Waals surface area contributed by atoms with Gasteiger partial charge in [-0.1, -0.05) is 43.3 Å². The third-order valence-corrected chi connectivity index (χ3v) is 3.88. The van der Waals surface area contributed by atoms with E-state index in [0.717, 1.165) is 18.6 Å². The SMILES string of the molecule is CCc1ccc2cc3ccccc3c(OCCCN)c2c1. The van der Waals surface area contributed by atoms with Gasteiger partial charge in [0.2, 0.25) is 0 Å². The summed E-state index contributed by atoms with van der Waals surface area (Å²) >= 11 is 0. The summed E-state index contributed by atoms with van der Waals surface area (Å²) in [5, 5.41) is 4.82. The summed E-state index contributed by atoms with van der Waals surface area (Å²) < 4.78 is 6.09. The Morgan fingerprint density at radius 3 is 2.57 bits per heavy atom. The minimum Gasteiger partial charge on any atom is -0.492 e. The van der Waals surface area contributed by atoms with Gasteiger partial charge in [-0.05, 0) is 47.9 Å². The van der Waals surface area contributed by atoms with E-state index in [4.69, 9.17) is 10.5 Å². The molecule has 0 aliphatic rings. The Morgan fingerprint density at radius 2 is 1.76 bits per heavy atom. The molecule has 0 atom stereocenters. The molecular weight excluding hydrogens is 258 g/mol. The van der Waals surface area contributed by atoms with Crippen LogP contribution in [0.15, 0.2) is 48.5 Å². The first-order valence-electron chi connectivity index (χ1n) is 7.60. The standard InChI is InChI=1S/C19H21NO/c1-2-14-8-9-16-13-15-6-3-4-7-17(15)19(18(16)12-14)21-11-5-10-20/h3-4,6-9,12-13H,2,5,10-11,20H2,1H3. The van der Waals surface area contributed by atoms with Crippen molar-refractivity contribution in [1.82, 2.24) is 0 Å². The van der Waals surface area contributed by atoms with Crippen LogP contribution in [0, 0.1) is 0 Å². The predicted octanol–water partition coefficient (Wildman–Crippen LogP) is 4.28. The predicted molar refractivity (Wildman–Crippen MR) is 90.0 cm³/mol. The number of ether oxygens (including phenoxy) is 1. The second-order valence-electron chi connectivity index (χ2n) is 5.33. The van der Waals surface area contributed by atoms with Crippen molar-refractivity contribution in [2.45, 2.75) is 19.8 Å². The molecule has 0 amide bonds. The van der Waals surface area contributed by atoms with E-state index in [-0.39, 0.29) is 0 Å². The highest BCUT2D eigenvalue weighted by atomic mass is 16.5. The van der Waals surface area contributed by atoms with Gasteiger partial charge in [0.05, 0.1) is 6.61 Å². The monoisotopic (exact) mass is 279 g/mol. The van der Waals surface area contributed by atoms with Gasteiger partial charge in [-0.15, -0.1) is 0 Å². The maximum atomic E-state index is 6.09. The van der Waals surface area contributed by atoms with Crippen LogP contribution in [0.4, 0.5) is 0 Å². The summed E-state index contributed by atoms with van der Waals surface area (Å²) in [7, 11) is 0. The van der Waals surface area contributed by atoms with Crippen LogP contribution in [-0.4, -0.2) is 13.2 Å². The first-order valence-corrected chi connectivity index (χ1v) is 7.60. The molecule has 0 bridgehead atoms. The quantitative estimate of drug-likeness (QED) is 0.559. The molecule has 0 unspecified atom stereocenters. The van der Waals surface area contributed by atoms with Crippen LogP contribution in [0.2, 0.25) is 0 Å². The lowest BCUT2D eigenvalue weighted by atomic mass is 9.99. The zero-order valence-corrected chi connectivity index (χ0v) is 12.4. The lowest BCUT2D eigenvalue weighted by Crippen LogP contribution is -2.06. The molecule has 0 heterocycles. The molecule has 108 valence electrons. The van der Waals surface area contributed by atoms with Crippen LogP contribution < -0.4 is 10.5 Å². The molecule has 2 heteroatoms. The number of rotatable bonds is 5. The zero-order valence-electron chi connectivity index (χ0n) is 12.4. The van der Waals surface area contributed by atoms with Crippen LogP contribution >= 0.6 is 0 Å². The molecule has 3 aromatic carbocycles. The number of fused-ring (bicyclic) bond motifs is 2. The summed E-state index contributed by atoms with van der Waals surface area (Å²) in [5.74, 6) is 0.992. The van der Waals surface area contributed by atoms with Crippen LogP contribution in [0.3, 0.4) is 0 Å². The minimum absolute atomic E-state index is 0.656. The van der Waals surface area contributed by atoms with Gasteiger partial charge in [0.1, 0.15) is 5.75 Å². The summed E-state index contributed by atoms with van der Waals surface area (Å²) in [6.07, 6.45) is 1.91. The molecular formula is C19H21NO. The molecule has 0 saturated carbocycles. The fourth-order valence-corrected chi connectivity index (χ4v) is 2.70. The summed E-state index contributed by atoms with van der Waals surface area (Å²) in [6, 6.07) is 17.3. The maximum Gasteiger partial charge on any atom is 0.134 e. The Morgan fingerprint density at radius 1 is 0.952 bits per heavy atom. The molecule has 0 aliphatic carbocycles. The van der Waals surface area contributed by atoms with E-state index in [9.17, 15) is 0 Å². The smallest absolute Gasteiger partial charge is 0.134 e. The molecule has 0 aromatic heterocycles. The largest absolute Gasteiger partial charge is 0.492 e. The van der Waals surface area contributed by atoms with Gasteiger partial charge < -0.3 is 10.5 Å². The van der Waals surface area contributed by atoms with Crippen molar-refractivity contribution in [3.63, 3.8) is 0 Å². The van der Waals surface area contributed by atoms with Crippen molar-refractivity contribution in [3.05, 3.63) is 54.1 Å². The van der Waals surface area contributed by atoms with Crippen LogP contribution in [-0.2, 0) is 6.42 Å². The van der Waals surface area contributed by atoms with E-state index in [1.54, 1.807) is 0 Å². The third kappa shape index (κ3) is 2.72. The van der Waals surface area contributed by atoms with Gasteiger partial charge in [-0.3, -0.25) is 0 Å². The zero-order chi connectivity index (χ0) is 14.7. The molecule has 3 rings (SSSR count). The van der Waals surface area contributed by atoms with Crippen LogP contribution in [0.5, 0.6) is 5.75 Å². The minimum atomic E-state index is 0.656. The molecule has 0 aliphatic heterocycles. The van der Waals surface area contributed by atoms with Gasteiger partial charge in [-0.2, -0.15) is 0 Å². The highest BCUT2D eigenvalue weighted by Gasteiger charge is 2.09. The number of benzene rings is 3. The molecule has 0 fully saturated rings. The molecule has 21 heavy (non-hydrogen) atoms.